The van der Waals surface area contributed by atoms with Crippen molar-refractivity contribution in [3.63, 3.8) is 0 Å². The molecule has 0 bridgehead atoms. The SMILES string of the molecule is BC(c1ccccc1OCCCCCC(=O)O)N(CCCN1CCOCC1)C(=O)c1ccc(-c2ccccc2)cc1. The summed E-state index contributed by atoms with van der Waals surface area (Å²) in [5.74, 6) is -0.187. The highest BCUT2D eigenvalue weighted by Crippen LogP contribution is 2.29. The molecule has 1 amide bonds. The summed E-state index contributed by atoms with van der Waals surface area (Å²) in [7, 11) is 2.07. The van der Waals surface area contributed by atoms with Crippen LogP contribution in [0.3, 0.4) is 0 Å². The van der Waals surface area contributed by atoms with Gasteiger partial charge in [-0.15, -0.1) is 0 Å². The van der Waals surface area contributed by atoms with Gasteiger partial charge in [-0.1, -0.05) is 60.7 Å². The number of benzene rings is 3. The van der Waals surface area contributed by atoms with Crippen LogP contribution in [0.25, 0.3) is 11.1 Å². The van der Waals surface area contributed by atoms with Gasteiger partial charge in [0.25, 0.3) is 5.91 Å². The van der Waals surface area contributed by atoms with Gasteiger partial charge >= 0.3 is 5.97 Å². The number of para-hydroxylation sites is 1. The molecule has 7 nitrogen and oxygen atoms in total. The lowest BCUT2D eigenvalue weighted by Crippen LogP contribution is -2.40. The van der Waals surface area contributed by atoms with Crippen molar-refractivity contribution in [1.29, 1.82) is 0 Å². The first-order valence-electron chi connectivity index (χ1n) is 14.7. The molecule has 3 aromatic carbocycles. The number of amides is 1. The first kappa shape index (κ1) is 30.3. The maximum Gasteiger partial charge on any atom is 0.303 e. The molecule has 0 radical (unpaired) electrons. The van der Waals surface area contributed by atoms with E-state index < -0.39 is 5.97 Å². The molecule has 216 valence electrons. The van der Waals surface area contributed by atoms with Gasteiger partial charge in [0.05, 0.1) is 19.8 Å². The van der Waals surface area contributed by atoms with Gasteiger partial charge < -0.3 is 19.5 Å². The van der Waals surface area contributed by atoms with Crippen LogP contribution < -0.4 is 4.74 Å². The number of hydrogen-bond donors (Lipinski definition) is 1. The second kappa shape index (κ2) is 16.0. The number of rotatable bonds is 15. The first-order chi connectivity index (χ1) is 20.0. The zero-order valence-electron chi connectivity index (χ0n) is 24.0. The number of hydrogen-bond acceptors (Lipinski definition) is 5. The number of ether oxygens (including phenoxy) is 2. The molecule has 1 unspecified atom stereocenters. The summed E-state index contributed by atoms with van der Waals surface area (Å²) in [5.41, 5.74) is 3.84. The highest BCUT2D eigenvalue weighted by molar-refractivity contribution is 6.14. The highest BCUT2D eigenvalue weighted by atomic mass is 16.5. The third-order valence-corrected chi connectivity index (χ3v) is 7.61. The van der Waals surface area contributed by atoms with E-state index in [1.807, 2.05) is 71.6 Å². The number of carboxylic acids is 1. The normalized spacial score (nSPS) is 14.3. The van der Waals surface area contributed by atoms with Crippen molar-refractivity contribution in [2.24, 2.45) is 0 Å². The number of carboxylic acid groups (broad SMARTS) is 1. The van der Waals surface area contributed by atoms with E-state index in [-0.39, 0.29) is 18.3 Å². The van der Waals surface area contributed by atoms with E-state index in [4.69, 9.17) is 14.6 Å². The molecule has 1 aliphatic rings. The Morgan fingerprint density at radius 1 is 0.878 bits per heavy atom. The molecule has 1 aliphatic heterocycles. The summed E-state index contributed by atoms with van der Waals surface area (Å²) in [6, 6.07) is 26.0. The van der Waals surface area contributed by atoms with E-state index in [0.717, 1.165) is 74.6 Å². The van der Waals surface area contributed by atoms with Crippen LogP contribution in [0.15, 0.2) is 78.9 Å². The van der Waals surface area contributed by atoms with E-state index in [1.54, 1.807) is 0 Å². The lowest BCUT2D eigenvalue weighted by molar-refractivity contribution is -0.137. The van der Waals surface area contributed by atoms with Crippen molar-refractivity contribution < 1.29 is 24.2 Å². The van der Waals surface area contributed by atoms with Crippen LogP contribution >= 0.6 is 0 Å². The molecule has 1 N–H and O–H groups in total. The van der Waals surface area contributed by atoms with Gasteiger partial charge in [-0.2, -0.15) is 0 Å². The monoisotopic (exact) mass is 556 g/mol. The maximum atomic E-state index is 14.0. The molecule has 1 atom stereocenters. The lowest BCUT2D eigenvalue weighted by atomic mass is 9.86. The number of unbranched alkanes of at least 4 members (excludes halogenated alkanes) is 2. The van der Waals surface area contributed by atoms with Crippen LogP contribution in [0, 0.1) is 0 Å². The molecule has 0 aromatic heterocycles. The van der Waals surface area contributed by atoms with Crippen LogP contribution in [-0.2, 0) is 9.53 Å². The summed E-state index contributed by atoms with van der Waals surface area (Å²) >= 11 is 0. The van der Waals surface area contributed by atoms with Gasteiger partial charge in [-0.25, -0.2) is 0 Å². The largest absolute Gasteiger partial charge is 0.493 e. The Bertz CT molecular complexity index is 1230. The van der Waals surface area contributed by atoms with Crippen molar-refractivity contribution >= 4 is 19.7 Å². The summed E-state index contributed by atoms with van der Waals surface area (Å²) in [6.07, 6.45) is 3.28. The second-order valence-electron chi connectivity index (χ2n) is 10.5. The zero-order chi connectivity index (χ0) is 28.9. The van der Waals surface area contributed by atoms with Crippen LogP contribution in [-0.4, -0.2) is 80.6 Å². The Morgan fingerprint density at radius 3 is 2.29 bits per heavy atom. The molecule has 1 heterocycles. The van der Waals surface area contributed by atoms with E-state index in [0.29, 0.717) is 25.1 Å². The molecular weight excluding hydrogens is 515 g/mol. The van der Waals surface area contributed by atoms with Crippen LogP contribution in [0.1, 0.15) is 54.0 Å². The van der Waals surface area contributed by atoms with Gasteiger partial charge in [0.1, 0.15) is 13.6 Å². The third kappa shape index (κ3) is 9.20. The van der Waals surface area contributed by atoms with Gasteiger partial charge in [0.2, 0.25) is 0 Å². The Morgan fingerprint density at radius 2 is 1.56 bits per heavy atom. The quantitative estimate of drug-likeness (QED) is 0.213. The molecule has 0 saturated carbocycles. The van der Waals surface area contributed by atoms with E-state index >= 15 is 0 Å². The summed E-state index contributed by atoms with van der Waals surface area (Å²) < 4.78 is 11.6. The Kier molecular flexibility index (Phi) is 11.8. The third-order valence-electron chi connectivity index (χ3n) is 7.61. The fraction of sp³-hybridized carbons (Fsp3) is 0.394. The Hall–Kier alpha value is -3.62. The molecule has 0 aliphatic carbocycles. The summed E-state index contributed by atoms with van der Waals surface area (Å²) in [4.78, 5) is 29.1. The predicted octanol–water partition coefficient (Wildman–Crippen LogP) is 4.87. The minimum Gasteiger partial charge on any atom is -0.493 e. The molecular formula is C33H41BN2O5. The Labute approximate surface area is 244 Å². The molecule has 3 aromatic rings. The molecule has 1 saturated heterocycles. The van der Waals surface area contributed by atoms with E-state index in [9.17, 15) is 9.59 Å². The fourth-order valence-electron chi connectivity index (χ4n) is 5.22. The molecule has 1 fully saturated rings. The van der Waals surface area contributed by atoms with Crippen molar-refractivity contribution in [3.05, 3.63) is 90.0 Å². The van der Waals surface area contributed by atoms with E-state index in [2.05, 4.69) is 24.9 Å². The highest BCUT2D eigenvalue weighted by Gasteiger charge is 2.25. The van der Waals surface area contributed by atoms with Crippen molar-refractivity contribution in [1.82, 2.24) is 9.80 Å². The lowest BCUT2D eigenvalue weighted by Gasteiger charge is -2.33. The minimum absolute atomic E-state index is 0.00237. The molecule has 4 rings (SSSR count). The topological polar surface area (TPSA) is 79.3 Å². The minimum atomic E-state index is -0.766. The summed E-state index contributed by atoms with van der Waals surface area (Å²) in [6.45, 7) is 5.42. The zero-order valence-corrected chi connectivity index (χ0v) is 24.0. The average molecular weight is 557 g/mol. The number of carbonyl (C=O) groups excluding carboxylic acids is 1. The van der Waals surface area contributed by atoms with E-state index in [1.165, 1.54) is 0 Å². The maximum absolute atomic E-state index is 14.0. The van der Waals surface area contributed by atoms with Gasteiger partial charge in [-0.3, -0.25) is 14.5 Å². The van der Waals surface area contributed by atoms with Gasteiger partial charge in [-0.05, 0) is 55.0 Å². The van der Waals surface area contributed by atoms with Crippen molar-refractivity contribution in [3.8, 4) is 16.9 Å². The fourth-order valence-corrected chi connectivity index (χ4v) is 5.22. The average Bonchev–Trinajstić information content (AvgIpc) is 3.01. The molecule has 41 heavy (non-hydrogen) atoms. The van der Waals surface area contributed by atoms with Crippen LogP contribution in [0.5, 0.6) is 5.75 Å². The van der Waals surface area contributed by atoms with Crippen molar-refractivity contribution in [2.75, 3.05) is 46.0 Å². The molecule has 8 heteroatoms. The summed E-state index contributed by atoms with van der Waals surface area (Å²) in [5, 5.41) is 8.85. The number of aliphatic carboxylic acids is 1. The number of morpholine rings is 1. The van der Waals surface area contributed by atoms with Crippen LogP contribution in [0.4, 0.5) is 0 Å². The standard InChI is InChI=1S/C33H41BN2O5/c34-32(29-12-6-7-13-30(29)41-23-8-2-5-14-31(37)38)36(20-9-19-35-21-24-40-25-22-35)33(39)28-17-15-27(16-18-28)26-10-3-1-4-11-26/h1,3-4,6-7,10-13,15-18,32H,2,5,8-9,14,19-25,34H2,(H,37,38). The first-order valence-corrected chi connectivity index (χ1v) is 14.7. The predicted molar refractivity (Wildman–Crippen MR) is 164 cm³/mol. The number of nitrogens with zero attached hydrogens (tertiary/aromatic N) is 2. The second-order valence-corrected chi connectivity index (χ2v) is 10.5. The van der Waals surface area contributed by atoms with Gasteiger partial charge in [0, 0.05) is 49.7 Å². The molecule has 0 spiro atoms. The number of carbonyl (C=O) groups is 2. The van der Waals surface area contributed by atoms with Crippen molar-refractivity contribution in [2.45, 2.75) is 38.0 Å². The van der Waals surface area contributed by atoms with Crippen LogP contribution in [0.2, 0.25) is 0 Å². The van der Waals surface area contributed by atoms with Gasteiger partial charge in [0.15, 0.2) is 0 Å². The Balaban J connectivity index is 1.47. The smallest absolute Gasteiger partial charge is 0.303 e.